The summed E-state index contributed by atoms with van der Waals surface area (Å²) in [5.74, 6) is 0.748. The number of benzene rings is 2. The molecule has 5 heteroatoms. The second-order valence-electron chi connectivity index (χ2n) is 4.62. The molecule has 21 heavy (non-hydrogen) atoms. The molecule has 0 bridgehead atoms. The number of methoxy groups -OCH3 is 1. The molecule has 2 nitrogen and oxygen atoms in total. The highest BCUT2D eigenvalue weighted by molar-refractivity contribution is 6.42. The van der Waals surface area contributed by atoms with Crippen molar-refractivity contribution in [2.45, 2.75) is 19.4 Å². The molecule has 0 aliphatic heterocycles. The van der Waals surface area contributed by atoms with Crippen molar-refractivity contribution in [3.05, 3.63) is 57.0 Å². The first kappa shape index (κ1) is 16.3. The van der Waals surface area contributed by atoms with Crippen LogP contribution in [0.25, 0.3) is 0 Å². The number of nitrogens with one attached hydrogen (secondary N) is 1. The van der Waals surface area contributed by atoms with Gasteiger partial charge < -0.3 is 10.1 Å². The lowest BCUT2D eigenvalue weighted by atomic mass is 10.0. The first-order valence-electron chi connectivity index (χ1n) is 6.60. The summed E-state index contributed by atoms with van der Waals surface area (Å²) in [6, 6.07) is 11.2. The van der Waals surface area contributed by atoms with Gasteiger partial charge in [0.05, 0.1) is 28.9 Å². The third-order valence-corrected chi connectivity index (χ3v) is 4.22. The lowest BCUT2D eigenvalue weighted by molar-refractivity contribution is 0.416. The van der Waals surface area contributed by atoms with Crippen LogP contribution in [0.3, 0.4) is 0 Å². The number of hydrogen-bond acceptors (Lipinski definition) is 2. The quantitative estimate of drug-likeness (QED) is 0.695. The van der Waals surface area contributed by atoms with Gasteiger partial charge in [-0.3, -0.25) is 0 Å². The Labute approximate surface area is 140 Å². The Morgan fingerprint density at radius 2 is 1.81 bits per heavy atom. The molecule has 0 amide bonds. The molecule has 0 spiro atoms. The maximum Gasteiger partial charge on any atom is 0.142 e. The smallest absolute Gasteiger partial charge is 0.142 e. The van der Waals surface area contributed by atoms with Gasteiger partial charge in [-0.1, -0.05) is 47.8 Å². The second-order valence-corrected chi connectivity index (χ2v) is 5.87. The van der Waals surface area contributed by atoms with Gasteiger partial charge in [0, 0.05) is 5.02 Å². The van der Waals surface area contributed by atoms with Crippen molar-refractivity contribution in [3.63, 3.8) is 0 Å². The molecule has 0 saturated carbocycles. The van der Waals surface area contributed by atoms with E-state index in [1.807, 2.05) is 24.3 Å². The summed E-state index contributed by atoms with van der Waals surface area (Å²) >= 11 is 18.1. The van der Waals surface area contributed by atoms with Gasteiger partial charge in [0.2, 0.25) is 0 Å². The number of rotatable bonds is 5. The van der Waals surface area contributed by atoms with E-state index in [-0.39, 0.29) is 6.04 Å². The average molecular weight is 345 g/mol. The van der Waals surface area contributed by atoms with Crippen LogP contribution in [0.5, 0.6) is 5.75 Å². The van der Waals surface area contributed by atoms with Crippen molar-refractivity contribution in [2.75, 3.05) is 12.4 Å². The van der Waals surface area contributed by atoms with Crippen LogP contribution < -0.4 is 10.1 Å². The van der Waals surface area contributed by atoms with Crippen LogP contribution in [-0.2, 0) is 0 Å². The molecule has 1 unspecified atom stereocenters. The minimum absolute atomic E-state index is 0.0899. The number of hydrogen-bond donors (Lipinski definition) is 1. The highest BCUT2D eigenvalue weighted by Crippen LogP contribution is 2.33. The van der Waals surface area contributed by atoms with Gasteiger partial charge in [0.15, 0.2) is 0 Å². The predicted molar refractivity (Wildman–Crippen MR) is 91.1 cm³/mol. The standard InChI is InChI=1S/C16H16Cl3NO/c1-3-14(10-4-6-12(18)13(19)8-10)20-15-9-11(17)5-7-16(15)21-2/h4-9,14,20H,3H2,1-2H3. The van der Waals surface area contributed by atoms with Crippen LogP contribution in [0, 0.1) is 0 Å². The first-order valence-corrected chi connectivity index (χ1v) is 7.73. The minimum Gasteiger partial charge on any atom is -0.495 e. The fourth-order valence-electron chi connectivity index (χ4n) is 2.13. The summed E-state index contributed by atoms with van der Waals surface area (Å²) in [5, 5.41) is 5.20. The third kappa shape index (κ3) is 3.97. The molecule has 0 aliphatic rings. The van der Waals surface area contributed by atoms with E-state index in [1.54, 1.807) is 19.2 Å². The predicted octanol–water partition coefficient (Wildman–Crippen LogP) is 6.22. The van der Waals surface area contributed by atoms with Crippen LogP contribution in [0.15, 0.2) is 36.4 Å². The van der Waals surface area contributed by atoms with Crippen molar-refractivity contribution < 1.29 is 4.74 Å². The fourth-order valence-corrected chi connectivity index (χ4v) is 2.61. The maximum absolute atomic E-state index is 6.10. The summed E-state index contributed by atoms with van der Waals surface area (Å²) in [7, 11) is 1.63. The van der Waals surface area contributed by atoms with Crippen LogP contribution in [0.1, 0.15) is 24.9 Å². The molecule has 0 radical (unpaired) electrons. The molecule has 0 heterocycles. The van der Waals surface area contributed by atoms with Crippen LogP contribution in [-0.4, -0.2) is 7.11 Å². The Morgan fingerprint density at radius 3 is 2.43 bits per heavy atom. The van der Waals surface area contributed by atoms with Crippen molar-refractivity contribution in [2.24, 2.45) is 0 Å². The van der Waals surface area contributed by atoms with E-state index >= 15 is 0 Å². The maximum atomic E-state index is 6.10. The van der Waals surface area contributed by atoms with E-state index in [0.29, 0.717) is 15.1 Å². The Morgan fingerprint density at radius 1 is 1.05 bits per heavy atom. The second kappa shape index (κ2) is 7.26. The molecule has 2 aromatic rings. The molecule has 2 rings (SSSR count). The molecule has 0 saturated heterocycles. The van der Waals surface area contributed by atoms with Gasteiger partial charge in [-0.15, -0.1) is 0 Å². The SMILES string of the molecule is CCC(Nc1cc(Cl)ccc1OC)c1ccc(Cl)c(Cl)c1. The number of halogens is 3. The highest BCUT2D eigenvalue weighted by Gasteiger charge is 2.13. The average Bonchev–Trinajstić information content (AvgIpc) is 2.48. The summed E-state index contributed by atoms with van der Waals surface area (Å²) in [4.78, 5) is 0. The first-order chi connectivity index (χ1) is 10.0. The molecule has 0 fully saturated rings. The molecular weight excluding hydrogens is 329 g/mol. The number of ether oxygens (including phenoxy) is 1. The van der Waals surface area contributed by atoms with Gasteiger partial charge in [0.1, 0.15) is 5.75 Å². The fraction of sp³-hybridized carbons (Fsp3) is 0.250. The van der Waals surface area contributed by atoms with Gasteiger partial charge in [-0.2, -0.15) is 0 Å². The van der Waals surface area contributed by atoms with Crippen molar-refractivity contribution in [3.8, 4) is 5.75 Å². The normalized spacial score (nSPS) is 12.0. The minimum atomic E-state index is 0.0899. The highest BCUT2D eigenvalue weighted by atomic mass is 35.5. The van der Waals surface area contributed by atoms with Gasteiger partial charge >= 0.3 is 0 Å². The zero-order valence-electron chi connectivity index (χ0n) is 11.8. The van der Waals surface area contributed by atoms with Crippen molar-refractivity contribution >= 4 is 40.5 Å². The zero-order valence-corrected chi connectivity index (χ0v) is 14.1. The molecular formula is C16H16Cl3NO. The van der Waals surface area contributed by atoms with Crippen molar-refractivity contribution in [1.29, 1.82) is 0 Å². The van der Waals surface area contributed by atoms with Crippen LogP contribution in [0.2, 0.25) is 15.1 Å². The summed E-state index contributed by atoms with van der Waals surface area (Å²) in [6.45, 7) is 2.09. The largest absolute Gasteiger partial charge is 0.495 e. The third-order valence-electron chi connectivity index (χ3n) is 3.25. The molecule has 112 valence electrons. The zero-order chi connectivity index (χ0) is 15.4. The molecule has 1 N–H and O–H groups in total. The summed E-state index contributed by atoms with van der Waals surface area (Å²) in [5.41, 5.74) is 1.91. The lowest BCUT2D eigenvalue weighted by Gasteiger charge is -2.21. The topological polar surface area (TPSA) is 21.3 Å². The van der Waals surface area contributed by atoms with E-state index in [0.717, 1.165) is 23.4 Å². The van der Waals surface area contributed by atoms with Crippen molar-refractivity contribution in [1.82, 2.24) is 0 Å². The Balaban J connectivity index is 2.30. The lowest BCUT2D eigenvalue weighted by Crippen LogP contribution is -2.10. The van der Waals surface area contributed by atoms with E-state index < -0.39 is 0 Å². The summed E-state index contributed by atoms with van der Waals surface area (Å²) < 4.78 is 5.36. The van der Waals surface area contributed by atoms with Gasteiger partial charge in [-0.05, 0) is 42.3 Å². The molecule has 0 aromatic heterocycles. The summed E-state index contributed by atoms with van der Waals surface area (Å²) in [6.07, 6.45) is 0.883. The Kier molecular flexibility index (Phi) is 5.63. The van der Waals surface area contributed by atoms with E-state index in [4.69, 9.17) is 39.5 Å². The Bertz CT molecular complexity index is 631. The monoisotopic (exact) mass is 343 g/mol. The van der Waals surface area contributed by atoms with Gasteiger partial charge in [-0.25, -0.2) is 0 Å². The Hall–Kier alpha value is -1.09. The van der Waals surface area contributed by atoms with E-state index in [9.17, 15) is 0 Å². The van der Waals surface area contributed by atoms with Gasteiger partial charge in [0.25, 0.3) is 0 Å². The van der Waals surface area contributed by atoms with E-state index in [1.165, 1.54) is 0 Å². The van der Waals surface area contributed by atoms with E-state index in [2.05, 4.69) is 12.2 Å². The van der Waals surface area contributed by atoms with Crippen LogP contribution >= 0.6 is 34.8 Å². The molecule has 0 aliphatic carbocycles. The van der Waals surface area contributed by atoms with Crippen LogP contribution in [0.4, 0.5) is 5.69 Å². The number of anilines is 1. The molecule has 1 atom stereocenters. The molecule has 2 aromatic carbocycles.